The van der Waals surface area contributed by atoms with Gasteiger partial charge in [-0.25, -0.2) is 0 Å². The van der Waals surface area contributed by atoms with Crippen molar-refractivity contribution in [3.8, 4) is 11.5 Å². The Morgan fingerprint density at radius 1 is 1.14 bits per heavy atom. The lowest BCUT2D eigenvalue weighted by Gasteiger charge is -2.18. The summed E-state index contributed by atoms with van der Waals surface area (Å²) in [7, 11) is 4.54. The van der Waals surface area contributed by atoms with Crippen molar-refractivity contribution in [1.29, 1.82) is 0 Å². The van der Waals surface area contributed by atoms with Crippen molar-refractivity contribution in [3.05, 3.63) is 63.7 Å². The summed E-state index contributed by atoms with van der Waals surface area (Å²) in [6.45, 7) is 0.595. The standard InChI is InChI=1S/C20H24N2O6/c1-26-13-14(17-12-15(27-2)8-9-18(17)22(24)25)10-11-21-20(23)16-6-4-5-7-19(16)28-3/h4-9,12,14H,10-11,13H2,1-3H3,(H,21,23). The minimum atomic E-state index is -0.426. The van der Waals surface area contributed by atoms with Crippen LogP contribution in [0.5, 0.6) is 11.5 Å². The third-order valence-electron chi connectivity index (χ3n) is 4.37. The van der Waals surface area contributed by atoms with Crippen LogP contribution in [0.2, 0.25) is 0 Å². The number of nitro benzene ring substituents is 1. The summed E-state index contributed by atoms with van der Waals surface area (Å²) in [4.78, 5) is 23.4. The van der Waals surface area contributed by atoms with Gasteiger partial charge in [-0.3, -0.25) is 14.9 Å². The molecule has 0 aliphatic heterocycles. The molecule has 8 nitrogen and oxygen atoms in total. The van der Waals surface area contributed by atoms with Gasteiger partial charge in [0.15, 0.2) is 0 Å². The molecule has 0 aliphatic carbocycles. The Kier molecular flexibility index (Phi) is 7.76. The van der Waals surface area contributed by atoms with Crippen LogP contribution in [0.4, 0.5) is 5.69 Å². The zero-order valence-corrected chi connectivity index (χ0v) is 16.1. The molecule has 2 aromatic carbocycles. The summed E-state index contributed by atoms with van der Waals surface area (Å²) >= 11 is 0. The number of hydrogen-bond donors (Lipinski definition) is 1. The number of para-hydroxylation sites is 1. The predicted molar refractivity (Wildman–Crippen MR) is 104 cm³/mol. The number of carbonyl (C=O) groups is 1. The summed E-state index contributed by atoms with van der Waals surface area (Å²) in [5.74, 6) is 0.462. The van der Waals surface area contributed by atoms with Crippen LogP contribution in [-0.4, -0.2) is 45.3 Å². The van der Waals surface area contributed by atoms with Crippen LogP contribution in [0.3, 0.4) is 0 Å². The molecular weight excluding hydrogens is 364 g/mol. The third kappa shape index (κ3) is 5.20. The van der Waals surface area contributed by atoms with Crippen molar-refractivity contribution in [2.24, 2.45) is 0 Å². The van der Waals surface area contributed by atoms with Crippen LogP contribution in [0.25, 0.3) is 0 Å². The van der Waals surface area contributed by atoms with Crippen LogP contribution in [0.1, 0.15) is 28.3 Å². The van der Waals surface area contributed by atoms with Crippen LogP contribution in [0, 0.1) is 10.1 Å². The average molecular weight is 388 g/mol. The quantitative estimate of drug-likeness (QED) is 0.496. The summed E-state index contributed by atoms with van der Waals surface area (Å²) in [6, 6.07) is 11.5. The fourth-order valence-corrected chi connectivity index (χ4v) is 2.97. The van der Waals surface area contributed by atoms with Crippen molar-refractivity contribution in [3.63, 3.8) is 0 Å². The first-order chi connectivity index (χ1) is 13.5. The predicted octanol–water partition coefficient (Wildman–Crippen LogP) is 3.16. The molecule has 150 valence electrons. The van der Waals surface area contributed by atoms with Gasteiger partial charge < -0.3 is 19.5 Å². The van der Waals surface area contributed by atoms with E-state index in [1.54, 1.807) is 36.4 Å². The second-order valence-electron chi connectivity index (χ2n) is 6.08. The number of nitro groups is 1. The summed E-state index contributed by atoms with van der Waals surface area (Å²) in [6.07, 6.45) is 0.461. The highest BCUT2D eigenvalue weighted by molar-refractivity contribution is 5.96. The maximum Gasteiger partial charge on any atom is 0.273 e. The molecule has 2 aromatic rings. The van der Waals surface area contributed by atoms with E-state index < -0.39 is 4.92 Å². The molecule has 0 fully saturated rings. The van der Waals surface area contributed by atoms with Crippen molar-refractivity contribution < 1.29 is 23.9 Å². The zero-order valence-electron chi connectivity index (χ0n) is 16.1. The molecule has 1 unspecified atom stereocenters. The smallest absolute Gasteiger partial charge is 0.273 e. The minimum Gasteiger partial charge on any atom is -0.497 e. The van der Waals surface area contributed by atoms with Gasteiger partial charge in [0, 0.05) is 31.2 Å². The maximum atomic E-state index is 12.4. The third-order valence-corrected chi connectivity index (χ3v) is 4.37. The molecule has 1 atom stereocenters. The lowest BCUT2D eigenvalue weighted by atomic mass is 9.94. The number of benzene rings is 2. The van der Waals surface area contributed by atoms with Crippen molar-refractivity contribution in [2.75, 3.05) is 34.5 Å². The molecule has 0 aromatic heterocycles. The zero-order chi connectivity index (χ0) is 20.5. The van der Waals surface area contributed by atoms with E-state index >= 15 is 0 Å². The van der Waals surface area contributed by atoms with Gasteiger partial charge in [-0.1, -0.05) is 12.1 Å². The first kappa shape index (κ1) is 21.2. The van der Waals surface area contributed by atoms with E-state index in [2.05, 4.69) is 5.32 Å². The molecule has 8 heteroatoms. The van der Waals surface area contributed by atoms with E-state index in [9.17, 15) is 14.9 Å². The Labute approximate surface area is 163 Å². The highest BCUT2D eigenvalue weighted by atomic mass is 16.6. The van der Waals surface area contributed by atoms with Gasteiger partial charge >= 0.3 is 0 Å². The number of rotatable bonds is 10. The highest BCUT2D eigenvalue weighted by Gasteiger charge is 2.23. The molecule has 0 aliphatic rings. The number of methoxy groups -OCH3 is 3. The molecule has 0 radical (unpaired) electrons. The van der Waals surface area contributed by atoms with E-state index in [1.807, 2.05) is 0 Å². The van der Waals surface area contributed by atoms with E-state index in [0.717, 1.165) is 0 Å². The fraction of sp³-hybridized carbons (Fsp3) is 0.350. The van der Waals surface area contributed by atoms with Crippen LogP contribution in [-0.2, 0) is 4.74 Å². The van der Waals surface area contributed by atoms with Gasteiger partial charge in [0.2, 0.25) is 0 Å². The summed E-state index contributed by atoms with van der Waals surface area (Å²) in [5.41, 5.74) is 0.942. The van der Waals surface area contributed by atoms with Crippen LogP contribution < -0.4 is 14.8 Å². The Morgan fingerprint density at radius 2 is 1.89 bits per heavy atom. The van der Waals surface area contributed by atoms with Gasteiger partial charge in [0.05, 0.1) is 31.3 Å². The van der Waals surface area contributed by atoms with Crippen LogP contribution >= 0.6 is 0 Å². The summed E-state index contributed by atoms with van der Waals surface area (Å²) in [5, 5.41) is 14.2. The molecule has 0 bridgehead atoms. The topological polar surface area (TPSA) is 99.9 Å². The number of nitrogens with one attached hydrogen (secondary N) is 1. The normalized spacial score (nSPS) is 11.5. The Morgan fingerprint density at radius 3 is 2.54 bits per heavy atom. The van der Waals surface area contributed by atoms with Gasteiger partial charge in [0.1, 0.15) is 11.5 Å². The Balaban J connectivity index is 2.13. The van der Waals surface area contributed by atoms with Crippen LogP contribution in [0.15, 0.2) is 42.5 Å². The van der Waals surface area contributed by atoms with Gasteiger partial charge in [-0.15, -0.1) is 0 Å². The first-order valence-electron chi connectivity index (χ1n) is 8.74. The molecule has 0 saturated heterocycles. The Hall–Kier alpha value is -3.13. The number of hydrogen-bond acceptors (Lipinski definition) is 6. The van der Waals surface area contributed by atoms with Gasteiger partial charge in [0.25, 0.3) is 11.6 Å². The molecule has 0 heterocycles. The molecule has 1 amide bonds. The van der Waals surface area contributed by atoms with Crippen molar-refractivity contribution >= 4 is 11.6 Å². The second kappa shape index (κ2) is 10.3. The lowest BCUT2D eigenvalue weighted by molar-refractivity contribution is -0.385. The van der Waals surface area contributed by atoms with E-state index in [-0.39, 0.29) is 24.1 Å². The molecule has 28 heavy (non-hydrogen) atoms. The van der Waals surface area contributed by atoms with E-state index in [0.29, 0.717) is 35.6 Å². The number of nitrogens with zero attached hydrogens (tertiary/aromatic N) is 1. The monoisotopic (exact) mass is 388 g/mol. The SMILES string of the molecule is COCC(CCNC(=O)c1ccccc1OC)c1cc(OC)ccc1[N+](=O)[O-]. The Bertz CT molecular complexity index is 824. The number of ether oxygens (including phenoxy) is 3. The maximum absolute atomic E-state index is 12.4. The molecule has 0 saturated carbocycles. The van der Waals surface area contributed by atoms with E-state index in [4.69, 9.17) is 14.2 Å². The molecule has 1 N–H and O–H groups in total. The minimum absolute atomic E-state index is 0.00101. The average Bonchev–Trinajstić information content (AvgIpc) is 2.72. The first-order valence-corrected chi connectivity index (χ1v) is 8.74. The van der Waals surface area contributed by atoms with Gasteiger partial charge in [-0.2, -0.15) is 0 Å². The highest BCUT2D eigenvalue weighted by Crippen LogP contribution is 2.32. The molecule has 2 rings (SSSR count). The van der Waals surface area contributed by atoms with Gasteiger partial charge in [-0.05, 0) is 30.7 Å². The van der Waals surface area contributed by atoms with Crippen molar-refractivity contribution in [1.82, 2.24) is 5.32 Å². The second-order valence-corrected chi connectivity index (χ2v) is 6.08. The summed E-state index contributed by atoms with van der Waals surface area (Å²) < 4.78 is 15.6. The number of amides is 1. The number of carbonyl (C=O) groups excluding carboxylic acids is 1. The molecular formula is C20H24N2O6. The molecule has 0 spiro atoms. The lowest BCUT2D eigenvalue weighted by Crippen LogP contribution is -2.27. The van der Waals surface area contributed by atoms with Crippen molar-refractivity contribution in [2.45, 2.75) is 12.3 Å². The van der Waals surface area contributed by atoms with E-state index in [1.165, 1.54) is 27.4 Å². The fourth-order valence-electron chi connectivity index (χ4n) is 2.97. The largest absolute Gasteiger partial charge is 0.497 e.